The molecule has 2 heteroatoms. The van der Waals surface area contributed by atoms with Gasteiger partial charge in [-0.3, -0.25) is 0 Å². The highest BCUT2D eigenvalue weighted by molar-refractivity contribution is 5.83. The van der Waals surface area contributed by atoms with E-state index >= 15 is 0 Å². The van der Waals surface area contributed by atoms with Gasteiger partial charge in [-0.1, -0.05) is 49.6 Å². The molecular weight excluding hydrogens is 246 g/mol. The quantitative estimate of drug-likeness (QED) is 0.899. The van der Waals surface area contributed by atoms with Crippen molar-refractivity contribution in [3.05, 3.63) is 42.5 Å². The molecule has 2 N–H and O–H groups in total. The van der Waals surface area contributed by atoms with Crippen molar-refractivity contribution in [3.8, 4) is 5.75 Å². The Labute approximate surface area is 120 Å². The lowest BCUT2D eigenvalue weighted by atomic mass is 9.80. The van der Waals surface area contributed by atoms with Gasteiger partial charge in [-0.05, 0) is 42.2 Å². The maximum absolute atomic E-state index is 6.43. The summed E-state index contributed by atoms with van der Waals surface area (Å²) in [5, 5.41) is 2.48. The van der Waals surface area contributed by atoms with Crippen LogP contribution in [-0.2, 0) is 0 Å². The third-order valence-electron chi connectivity index (χ3n) is 4.44. The van der Waals surface area contributed by atoms with Crippen molar-refractivity contribution in [1.29, 1.82) is 0 Å². The molecule has 0 bridgehead atoms. The van der Waals surface area contributed by atoms with Gasteiger partial charge in [0.05, 0.1) is 6.61 Å². The van der Waals surface area contributed by atoms with E-state index in [9.17, 15) is 0 Å². The van der Waals surface area contributed by atoms with Crippen LogP contribution in [0.5, 0.6) is 5.75 Å². The van der Waals surface area contributed by atoms with Crippen molar-refractivity contribution in [2.24, 2.45) is 5.73 Å². The second-order valence-electron chi connectivity index (χ2n) is 6.03. The lowest BCUT2D eigenvalue weighted by molar-refractivity contribution is 0.214. The molecule has 20 heavy (non-hydrogen) atoms. The molecule has 1 aliphatic carbocycles. The standard InChI is InChI=1S/C18H23NO/c19-18(10-4-1-5-11-18)12-13-20-17-9-8-15-6-2-3-7-16(15)14-17/h2-3,6-9,14H,1,4-5,10-13,19H2. The number of nitrogens with two attached hydrogens (primary N) is 1. The van der Waals surface area contributed by atoms with E-state index in [2.05, 4.69) is 36.4 Å². The van der Waals surface area contributed by atoms with E-state index in [1.54, 1.807) is 0 Å². The van der Waals surface area contributed by atoms with Crippen LogP contribution in [0.15, 0.2) is 42.5 Å². The van der Waals surface area contributed by atoms with Gasteiger partial charge < -0.3 is 10.5 Å². The number of fused-ring (bicyclic) bond motifs is 1. The molecule has 0 radical (unpaired) electrons. The number of rotatable bonds is 4. The number of ether oxygens (including phenoxy) is 1. The van der Waals surface area contributed by atoms with Crippen LogP contribution < -0.4 is 10.5 Å². The highest BCUT2D eigenvalue weighted by Gasteiger charge is 2.26. The maximum Gasteiger partial charge on any atom is 0.119 e. The van der Waals surface area contributed by atoms with Gasteiger partial charge in [-0.15, -0.1) is 0 Å². The Balaban J connectivity index is 1.59. The summed E-state index contributed by atoms with van der Waals surface area (Å²) in [4.78, 5) is 0. The Kier molecular flexibility index (Phi) is 3.93. The van der Waals surface area contributed by atoms with Gasteiger partial charge in [-0.25, -0.2) is 0 Å². The minimum Gasteiger partial charge on any atom is -0.494 e. The molecule has 0 unspecified atom stereocenters. The van der Waals surface area contributed by atoms with Gasteiger partial charge >= 0.3 is 0 Å². The minimum atomic E-state index is 0.00903. The van der Waals surface area contributed by atoms with Crippen molar-refractivity contribution in [1.82, 2.24) is 0 Å². The smallest absolute Gasteiger partial charge is 0.119 e. The lowest BCUT2D eigenvalue weighted by Gasteiger charge is -2.33. The molecule has 106 valence electrons. The van der Waals surface area contributed by atoms with Gasteiger partial charge in [0.1, 0.15) is 5.75 Å². The summed E-state index contributed by atoms with van der Waals surface area (Å²) >= 11 is 0. The highest BCUT2D eigenvalue weighted by Crippen LogP contribution is 2.29. The van der Waals surface area contributed by atoms with Gasteiger partial charge in [0.25, 0.3) is 0 Å². The molecule has 2 aromatic rings. The summed E-state index contributed by atoms with van der Waals surface area (Å²) in [6, 6.07) is 14.6. The first-order valence-corrected chi connectivity index (χ1v) is 7.66. The average molecular weight is 269 g/mol. The van der Waals surface area contributed by atoms with Crippen LogP contribution in [0.25, 0.3) is 10.8 Å². The predicted molar refractivity (Wildman–Crippen MR) is 84.1 cm³/mol. The van der Waals surface area contributed by atoms with E-state index in [1.165, 1.54) is 30.0 Å². The Bertz CT molecular complexity index is 572. The minimum absolute atomic E-state index is 0.00903. The van der Waals surface area contributed by atoms with Gasteiger partial charge in [0.2, 0.25) is 0 Å². The highest BCUT2D eigenvalue weighted by atomic mass is 16.5. The lowest BCUT2D eigenvalue weighted by Crippen LogP contribution is -2.42. The first kappa shape index (κ1) is 13.4. The summed E-state index contributed by atoms with van der Waals surface area (Å²) in [7, 11) is 0. The Morgan fingerprint density at radius 2 is 1.70 bits per heavy atom. The van der Waals surface area contributed by atoms with E-state index in [0.717, 1.165) is 31.6 Å². The Hall–Kier alpha value is -1.54. The van der Waals surface area contributed by atoms with E-state index in [4.69, 9.17) is 10.5 Å². The normalized spacial score (nSPS) is 18.1. The first-order chi connectivity index (χ1) is 9.75. The number of hydrogen-bond donors (Lipinski definition) is 1. The van der Waals surface area contributed by atoms with Gasteiger partial charge in [-0.2, -0.15) is 0 Å². The molecule has 1 saturated carbocycles. The average Bonchev–Trinajstić information content (AvgIpc) is 2.48. The number of hydrogen-bond acceptors (Lipinski definition) is 2. The fraction of sp³-hybridized carbons (Fsp3) is 0.444. The molecule has 0 spiro atoms. The van der Waals surface area contributed by atoms with Crippen LogP contribution >= 0.6 is 0 Å². The van der Waals surface area contributed by atoms with Crippen LogP contribution in [0.4, 0.5) is 0 Å². The largest absolute Gasteiger partial charge is 0.494 e. The molecule has 1 aliphatic rings. The van der Waals surface area contributed by atoms with E-state index < -0.39 is 0 Å². The molecule has 1 fully saturated rings. The molecule has 0 aromatic heterocycles. The van der Waals surface area contributed by atoms with Crippen molar-refractivity contribution in [3.63, 3.8) is 0 Å². The van der Waals surface area contributed by atoms with Crippen molar-refractivity contribution < 1.29 is 4.74 Å². The van der Waals surface area contributed by atoms with Crippen molar-refractivity contribution in [2.75, 3.05) is 6.61 Å². The second-order valence-corrected chi connectivity index (χ2v) is 6.03. The van der Waals surface area contributed by atoms with E-state index in [0.29, 0.717) is 0 Å². The zero-order valence-corrected chi connectivity index (χ0v) is 12.0. The van der Waals surface area contributed by atoms with Crippen LogP contribution in [0.2, 0.25) is 0 Å². The van der Waals surface area contributed by atoms with Crippen LogP contribution in [0.3, 0.4) is 0 Å². The summed E-state index contributed by atoms with van der Waals surface area (Å²) in [6.07, 6.45) is 7.13. The summed E-state index contributed by atoms with van der Waals surface area (Å²) < 4.78 is 5.90. The van der Waals surface area contributed by atoms with E-state index in [1.807, 2.05) is 6.07 Å². The molecular formula is C18H23NO. The fourth-order valence-electron chi connectivity index (χ4n) is 3.14. The fourth-order valence-corrected chi connectivity index (χ4v) is 3.14. The molecule has 0 saturated heterocycles. The third kappa shape index (κ3) is 3.13. The van der Waals surface area contributed by atoms with Crippen molar-refractivity contribution >= 4 is 10.8 Å². The third-order valence-corrected chi connectivity index (χ3v) is 4.44. The maximum atomic E-state index is 6.43. The van der Waals surface area contributed by atoms with Crippen molar-refractivity contribution in [2.45, 2.75) is 44.1 Å². The Morgan fingerprint density at radius 3 is 2.50 bits per heavy atom. The zero-order chi connectivity index (χ0) is 13.8. The monoisotopic (exact) mass is 269 g/mol. The molecule has 2 nitrogen and oxygen atoms in total. The number of benzene rings is 2. The molecule has 0 amide bonds. The molecule has 3 rings (SSSR count). The predicted octanol–water partition coefficient (Wildman–Crippen LogP) is 4.27. The zero-order valence-electron chi connectivity index (χ0n) is 12.0. The second kappa shape index (κ2) is 5.84. The van der Waals surface area contributed by atoms with Crippen LogP contribution in [0.1, 0.15) is 38.5 Å². The summed E-state index contributed by atoms with van der Waals surface area (Å²) in [6.45, 7) is 0.717. The molecule has 0 aliphatic heterocycles. The molecule has 0 heterocycles. The van der Waals surface area contributed by atoms with Crippen LogP contribution in [0, 0.1) is 0 Å². The summed E-state index contributed by atoms with van der Waals surface area (Å²) in [5.41, 5.74) is 6.44. The summed E-state index contributed by atoms with van der Waals surface area (Å²) in [5.74, 6) is 0.947. The molecule has 2 aromatic carbocycles. The SMILES string of the molecule is NC1(CCOc2ccc3ccccc3c2)CCCCC1. The molecule has 0 atom stereocenters. The Morgan fingerprint density at radius 1 is 0.950 bits per heavy atom. The van der Waals surface area contributed by atoms with Crippen LogP contribution in [-0.4, -0.2) is 12.1 Å². The topological polar surface area (TPSA) is 35.2 Å². The van der Waals surface area contributed by atoms with E-state index in [-0.39, 0.29) is 5.54 Å². The first-order valence-electron chi connectivity index (χ1n) is 7.66. The van der Waals surface area contributed by atoms with Gasteiger partial charge in [0, 0.05) is 5.54 Å². The van der Waals surface area contributed by atoms with Gasteiger partial charge in [0.15, 0.2) is 0 Å².